The summed E-state index contributed by atoms with van der Waals surface area (Å²) >= 11 is 0. The lowest BCUT2D eigenvalue weighted by atomic mass is 9.74. The monoisotopic (exact) mass is 391 g/mol. The second-order valence-electron chi connectivity index (χ2n) is 9.07. The minimum Gasteiger partial charge on any atom is -0.383 e. The minimum absolute atomic E-state index is 0.0278. The van der Waals surface area contributed by atoms with Crippen molar-refractivity contribution >= 4 is 17.3 Å². The number of hydrazine groups is 1. The number of carbonyl (C=O) groups excluding carboxylic acids is 3. The molecular formula is C20H33N5O3. The fourth-order valence-corrected chi connectivity index (χ4v) is 3.44. The van der Waals surface area contributed by atoms with E-state index in [-0.39, 0.29) is 28.2 Å². The van der Waals surface area contributed by atoms with Gasteiger partial charge in [0.1, 0.15) is 0 Å². The van der Waals surface area contributed by atoms with Gasteiger partial charge in [-0.1, -0.05) is 27.7 Å². The Labute approximate surface area is 166 Å². The van der Waals surface area contributed by atoms with E-state index in [0.717, 1.165) is 17.7 Å². The van der Waals surface area contributed by atoms with E-state index in [2.05, 4.69) is 35.7 Å². The molecule has 0 unspecified atom stereocenters. The predicted octanol–water partition coefficient (Wildman–Crippen LogP) is 1.77. The van der Waals surface area contributed by atoms with Crippen molar-refractivity contribution in [2.24, 2.45) is 22.5 Å². The molecule has 0 radical (unpaired) electrons. The zero-order valence-corrected chi connectivity index (χ0v) is 17.8. The van der Waals surface area contributed by atoms with Crippen LogP contribution in [0.25, 0.3) is 0 Å². The van der Waals surface area contributed by atoms with Gasteiger partial charge in [0.15, 0.2) is 17.3 Å². The van der Waals surface area contributed by atoms with E-state index < -0.39 is 0 Å². The van der Waals surface area contributed by atoms with E-state index in [1.54, 1.807) is 17.3 Å². The smallest absolute Gasteiger partial charge is 0.168 e. The Bertz CT molecular complexity index is 738. The highest BCUT2D eigenvalue weighted by atomic mass is 16.2. The fraction of sp³-hybridized carbons (Fsp3) is 0.600. The van der Waals surface area contributed by atoms with Gasteiger partial charge in [-0.15, -0.1) is 0 Å². The van der Waals surface area contributed by atoms with Gasteiger partial charge in [0.2, 0.25) is 0 Å². The summed E-state index contributed by atoms with van der Waals surface area (Å²) in [6, 6.07) is 0. The lowest BCUT2D eigenvalue weighted by molar-refractivity contribution is -0.127. The summed E-state index contributed by atoms with van der Waals surface area (Å²) in [5, 5.41) is 6.75. The highest BCUT2D eigenvalue weighted by molar-refractivity contribution is 6.22. The molecule has 0 amide bonds. The molecule has 0 saturated heterocycles. The maximum Gasteiger partial charge on any atom is 0.168 e. The van der Waals surface area contributed by atoms with Gasteiger partial charge in [0.05, 0.1) is 17.3 Å². The SMILES string of the molecule is CC1(C)CC(=O)c2cn[nH]c2C1.CN(C)C=C1C(=O)CC(C)(C)CC1=O.NN. The highest BCUT2D eigenvalue weighted by Crippen LogP contribution is 2.34. The Morgan fingerprint density at radius 1 is 0.929 bits per heavy atom. The van der Waals surface area contributed by atoms with Crippen molar-refractivity contribution in [3.63, 3.8) is 0 Å². The normalized spacial score (nSPS) is 19.6. The molecule has 1 aromatic rings. The summed E-state index contributed by atoms with van der Waals surface area (Å²) in [6.45, 7) is 8.12. The van der Waals surface area contributed by atoms with Crippen LogP contribution in [0, 0.1) is 10.8 Å². The zero-order valence-electron chi connectivity index (χ0n) is 17.8. The van der Waals surface area contributed by atoms with Crippen LogP contribution in [-0.4, -0.2) is 46.5 Å². The standard InChI is InChI=1S/C11H17NO2.C9H12N2O.H4N2/c1-11(2)5-9(13)8(7-12(3)4)10(14)6-11;1-9(2)3-7-6(5-10-11-7)8(12)4-9;1-2/h7H,5-6H2,1-4H3;5H,3-4H2,1-2H3,(H,10,11);1-2H2. The Morgan fingerprint density at radius 2 is 1.39 bits per heavy atom. The van der Waals surface area contributed by atoms with Gasteiger partial charge in [0, 0.05) is 45.3 Å². The molecule has 8 nitrogen and oxygen atoms in total. The molecule has 0 spiro atoms. The number of hydrogen-bond acceptors (Lipinski definition) is 7. The first-order valence-electron chi connectivity index (χ1n) is 9.24. The third kappa shape index (κ3) is 6.38. The van der Waals surface area contributed by atoms with Crippen LogP contribution in [0.15, 0.2) is 18.0 Å². The molecule has 156 valence electrons. The number of aromatic nitrogens is 2. The Balaban J connectivity index is 0.000000259. The molecule has 0 bridgehead atoms. The molecule has 1 heterocycles. The largest absolute Gasteiger partial charge is 0.383 e. The average molecular weight is 392 g/mol. The first-order chi connectivity index (χ1) is 12.9. The minimum atomic E-state index is -0.169. The number of nitrogens with one attached hydrogen (secondary N) is 1. The van der Waals surface area contributed by atoms with Crippen molar-refractivity contribution in [1.29, 1.82) is 0 Å². The number of nitrogens with two attached hydrogens (primary N) is 2. The van der Waals surface area contributed by atoms with Gasteiger partial charge < -0.3 is 4.90 Å². The van der Waals surface area contributed by atoms with Crippen molar-refractivity contribution in [1.82, 2.24) is 15.1 Å². The summed E-state index contributed by atoms with van der Waals surface area (Å²) in [4.78, 5) is 36.5. The van der Waals surface area contributed by atoms with Crippen molar-refractivity contribution in [2.45, 2.75) is 53.4 Å². The fourth-order valence-electron chi connectivity index (χ4n) is 3.44. The third-order valence-electron chi connectivity index (χ3n) is 4.58. The van der Waals surface area contributed by atoms with Crippen LogP contribution in [-0.2, 0) is 16.0 Å². The number of nitrogens with zero attached hydrogens (tertiary/aromatic N) is 2. The molecule has 1 saturated carbocycles. The van der Waals surface area contributed by atoms with Crippen LogP contribution >= 0.6 is 0 Å². The molecule has 3 rings (SSSR count). The Morgan fingerprint density at radius 3 is 1.89 bits per heavy atom. The van der Waals surface area contributed by atoms with Crippen LogP contribution in [0.1, 0.15) is 63.0 Å². The van der Waals surface area contributed by atoms with Crippen LogP contribution < -0.4 is 11.7 Å². The zero-order chi connectivity index (χ0) is 21.7. The van der Waals surface area contributed by atoms with Gasteiger partial charge >= 0.3 is 0 Å². The van der Waals surface area contributed by atoms with Crippen molar-refractivity contribution in [3.8, 4) is 0 Å². The molecule has 1 fully saturated rings. The first-order valence-corrected chi connectivity index (χ1v) is 9.24. The summed E-state index contributed by atoms with van der Waals surface area (Å²) in [7, 11) is 3.63. The Kier molecular flexibility index (Phi) is 7.84. The maximum absolute atomic E-state index is 11.6. The number of aromatic amines is 1. The molecule has 28 heavy (non-hydrogen) atoms. The summed E-state index contributed by atoms with van der Waals surface area (Å²) in [6.07, 6.45) is 5.76. The predicted molar refractivity (Wildman–Crippen MR) is 108 cm³/mol. The average Bonchev–Trinajstić information content (AvgIpc) is 3.00. The lowest BCUT2D eigenvalue weighted by Crippen LogP contribution is -2.32. The number of ketones is 3. The molecule has 1 aromatic heterocycles. The molecule has 0 atom stereocenters. The molecule has 8 heteroatoms. The van der Waals surface area contributed by atoms with E-state index in [0.29, 0.717) is 24.8 Å². The Hall–Kier alpha value is -2.32. The van der Waals surface area contributed by atoms with E-state index in [4.69, 9.17) is 0 Å². The van der Waals surface area contributed by atoms with Crippen LogP contribution in [0.2, 0.25) is 0 Å². The number of rotatable bonds is 1. The van der Waals surface area contributed by atoms with E-state index in [9.17, 15) is 14.4 Å². The second kappa shape index (κ2) is 9.25. The van der Waals surface area contributed by atoms with E-state index >= 15 is 0 Å². The molecule has 2 aliphatic rings. The molecule has 2 aliphatic carbocycles. The maximum atomic E-state index is 11.6. The summed E-state index contributed by atoms with van der Waals surface area (Å²) < 4.78 is 0. The lowest BCUT2D eigenvalue weighted by Gasteiger charge is -2.28. The van der Waals surface area contributed by atoms with E-state index in [1.165, 1.54) is 0 Å². The van der Waals surface area contributed by atoms with E-state index in [1.807, 2.05) is 27.9 Å². The number of fused-ring (bicyclic) bond motifs is 1. The number of carbonyl (C=O) groups is 3. The van der Waals surface area contributed by atoms with Crippen molar-refractivity contribution in [2.75, 3.05) is 14.1 Å². The topological polar surface area (TPSA) is 135 Å². The molecule has 0 aromatic carbocycles. The number of allylic oxidation sites excluding steroid dienone is 1. The summed E-state index contributed by atoms with van der Waals surface area (Å²) in [5.74, 6) is 8.16. The molecule has 0 aliphatic heterocycles. The summed E-state index contributed by atoms with van der Waals surface area (Å²) in [5.41, 5.74) is 2.06. The van der Waals surface area contributed by atoms with Crippen LogP contribution in [0.3, 0.4) is 0 Å². The van der Waals surface area contributed by atoms with Crippen molar-refractivity contribution in [3.05, 3.63) is 29.2 Å². The quantitative estimate of drug-likeness (QED) is 0.287. The molecule has 5 N–H and O–H groups in total. The number of hydrogen-bond donors (Lipinski definition) is 3. The van der Waals surface area contributed by atoms with Gasteiger partial charge in [-0.05, 0) is 17.3 Å². The van der Waals surface area contributed by atoms with Gasteiger partial charge in [-0.2, -0.15) is 5.10 Å². The number of Topliss-reactive ketones (excluding diaryl/α,β-unsaturated/α-hetero) is 3. The van der Waals surface area contributed by atoms with Crippen molar-refractivity contribution < 1.29 is 14.4 Å². The van der Waals surface area contributed by atoms with Gasteiger partial charge in [0.25, 0.3) is 0 Å². The molecular weight excluding hydrogens is 358 g/mol. The van der Waals surface area contributed by atoms with Gasteiger partial charge in [-0.3, -0.25) is 31.2 Å². The third-order valence-corrected chi connectivity index (χ3v) is 4.58. The second-order valence-corrected chi connectivity index (χ2v) is 9.07. The number of H-pyrrole nitrogens is 1. The van der Waals surface area contributed by atoms with Crippen LogP contribution in [0.4, 0.5) is 0 Å². The highest BCUT2D eigenvalue weighted by Gasteiger charge is 2.35. The van der Waals surface area contributed by atoms with Crippen LogP contribution in [0.5, 0.6) is 0 Å². The van der Waals surface area contributed by atoms with Gasteiger partial charge in [-0.25, -0.2) is 0 Å². The first kappa shape index (κ1) is 23.7.